The van der Waals surface area contributed by atoms with E-state index in [0.717, 1.165) is 17.7 Å². The number of rotatable bonds is 5. The summed E-state index contributed by atoms with van der Waals surface area (Å²) >= 11 is 0. The lowest BCUT2D eigenvalue weighted by atomic mass is 9.96. The SMILES string of the molecule is COc1cccc(C(N)Cc2cc(C)cc(C)c2)c1OC. The molecule has 2 aromatic carbocycles. The lowest BCUT2D eigenvalue weighted by molar-refractivity contribution is 0.349. The van der Waals surface area contributed by atoms with Crippen LogP contribution in [-0.4, -0.2) is 14.2 Å². The number of aryl methyl sites for hydroxylation is 2. The number of hydrogen-bond acceptors (Lipinski definition) is 3. The minimum Gasteiger partial charge on any atom is -0.493 e. The average molecular weight is 285 g/mol. The first-order chi connectivity index (χ1) is 10.0. The summed E-state index contributed by atoms with van der Waals surface area (Å²) in [6.45, 7) is 4.21. The molecule has 0 aliphatic heterocycles. The molecule has 0 heterocycles. The van der Waals surface area contributed by atoms with Gasteiger partial charge in [-0.3, -0.25) is 0 Å². The number of ether oxygens (including phenoxy) is 2. The summed E-state index contributed by atoms with van der Waals surface area (Å²) in [5.41, 5.74) is 11.1. The lowest BCUT2D eigenvalue weighted by Crippen LogP contribution is -2.15. The van der Waals surface area contributed by atoms with Gasteiger partial charge >= 0.3 is 0 Å². The molecule has 0 spiro atoms. The van der Waals surface area contributed by atoms with Crippen LogP contribution >= 0.6 is 0 Å². The second kappa shape index (κ2) is 6.64. The summed E-state index contributed by atoms with van der Waals surface area (Å²) < 4.78 is 10.8. The molecule has 0 aliphatic carbocycles. The minimum absolute atomic E-state index is 0.128. The van der Waals surface area contributed by atoms with Crippen molar-refractivity contribution < 1.29 is 9.47 Å². The van der Waals surface area contributed by atoms with Crippen LogP contribution < -0.4 is 15.2 Å². The van der Waals surface area contributed by atoms with Crippen molar-refractivity contribution in [1.29, 1.82) is 0 Å². The molecule has 0 aromatic heterocycles. The second-order valence-corrected chi connectivity index (χ2v) is 5.39. The van der Waals surface area contributed by atoms with Gasteiger partial charge in [-0.1, -0.05) is 41.5 Å². The normalized spacial score (nSPS) is 12.0. The Labute approximate surface area is 126 Å². The Morgan fingerprint density at radius 1 is 1.00 bits per heavy atom. The maximum Gasteiger partial charge on any atom is 0.165 e. The Bertz CT molecular complexity index is 602. The third-order valence-electron chi connectivity index (χ3n) is 3.57. The predicted octanol–water partition coefficient (Wildman–Crippen LogP) is 3.56. The quantitative estimate of drug-likeness (QED) is 0.913. The number of hydrogen-bond donors (Lipinski definition) is 1. The topological polar surface area (TPSA) is 44.5 Å². The van der Waals surface area contributed by atoms with Crippen molar-refractivity contribution in [3.8, 4) is 11.5 Å². The number of benzene rings is 2. The van der Waals surface area contributed by atoms with Crippen LogP contribution in [0.3, 0.4) is 0 Å². The van der Waals surface area contributed by atoms with E-state index in [1.165, 1.54) is 16.7 Å². The van der Waals surface area contributed by atoms with Crippen LogP contribution in [-0.2, 0) is 6.42 Å². The fraction of sp³-hybridized carbons (Fsp3) is 0.333. The average Bonchev–Trinajstić information content (AvgIpc) is 2.45. The molecule has 0 amide bonds. The zero-order valence-corrected chi connectivity index (χ0v) is 13.1. The summed E-state index contributed by atoms with van der Waals surface area (Å²) in [7, 11) is 3.28. The monoisotopic (exact) mass is 285 g/mol. The molecule has 1 atom stereocenters. The maximum atomic E-state index is 6.39. The third-order valence-corrected chi connectivity index (χ3v) is 3.57. The Morgan fingerprint density at radius 2 is 1.67 bits per heavy atom. The van der Waals surface area contributed by atoms with Crippen LogP contribution in [0, 0.1) is 13.8 Å². The van der Waals surface area contributed by atoms with Gasteiger partial charge in [-0.15, -0.1) is 0 Å². The van der Waals surface area contributed by atoms with Crippen molar-refractivity contribution in [2.45, 2.75) is 26.3 Å². The zero-order valence-electron chi connectivity index (χ0n) is 13.1. The van der Waals surface area contributed by atoms with Crippen molar-refractivity contribution in [3.05, 3.63) is 58.7 Å². The van der Waals surface area contributed by atoms with Crippen LogP contribution in [0.5, 0.6) is 11.5 Å². The Balaban J connectivity index is 2.30. The highest BCUT2D eigenvalue weighted by Gasteiger charge is 2.16. The molecule has 2 rings (SSSR count). The van der Waals surface area contributed by atoms with E-state index in [-0.39, 0.29) is 6.04 Å². The number of nitrogens with two attached hydrogens (primary N) is 1. The highest BCUT2D eigenvalue weighted by Crippen LogP contribution is 2.34. The number of para-hydroxylation sites is 1. The first kappa shape index (κ1) is 15.4. The van der Waals surface area contributed by atoms with E-state index < -0.39 is 0 Å². The highest BCUT2D eigenvalue weighted by molar-refractivity contribution is 5.48. The van der Waals surface area contributed by atoms with Crippen LogP contribution in [0.15, 0.2) is 36.4 Å². The van der Waals surface area contributed by atoms with Gasteiger partial charge in [0.15, 0.2) is 11.5 Å². The minimum atomic E-state index is -0.128. The fourth-order valence-electron chi connectivity index (χ4n) is 2.75. The van der Waals surface area contributed by atoms with E-state index in [1.807, 2.05) is 18.2 Å². The van der Waals surface area contributed by atoms with Gasteiger partial charge in [-0.25, -0.2) is 0 Å². The molecule has 0 saturated carbocycles. The third kappa shape index (κ3) is 3.56. The van der Waals surface area contributed by atoms with Crippen LogP contribution in [0.1, 0.15) is 28.3 Å². The molecule has 0 bridgehead atoms. The maximum absolute atomic E-state index is 6.39. The van der Waals surface area contributed by atoms with Crippen molar-refractivity contribution >= 4 is 0 Å². The molecular weight excluding hydrogens is 262 g/mol. The first-order valence-corrected chi connectivity index (χ1v) is 7.08. The van der Waals surface area contributed by atoms with Crippen LogP contribution in [0.25, 0.3) is 0 Å². The second-order valence-electron chi connectivity index (χ2n) is 5.39. The molecule has 1 unspecified atom stereocenters. The summed E-state index contributed by atoms with van der Waals surface area (Å²) in [6, 6.07) is 12.2. The molecule has 3 heteroatoms. The summed E-state index contributed by atoms with van der Waals surface area (Å²) in [5.74, 6) is 1.43. The van der Waals surface area contributed by atoms with Gasteiger partial charge < -0.3 is 15.2 Å². The van der Waals surface area contributed by atoms with Gasteiger partial charge in [-0.05, 0) is 31.9 Å². The fourth-order valence-corrected chi connectivity index (χ4v) is 2.75. The van der Waals surface area contributed by atoms with Gasteiger partial charge in [0.1, 0.15) is 0 Å². The number of methoxy groups -OCH3 is 2. The van der Waals surface area contributed by atoms with E-state index >= 15 is 0 Å². The van der Waals surface area contributed by atoms with E-state index in [4.69, 9.17) is 15.2 Å². The molecule has 0 saturated heterocycles. The zero-order chi connectivity index (χ0) is 15.4. The largest absolute Gasteiger partial charge is 0.493 e. The Morgan fingerprint density at radius 3 is 2.24 bits per heavy atom. The summed E-state index contributed by atoms with van der Waals surface area (Å²) in [4.78, 5) is 0. The van der Waals surface area contributed by atoms with Crippen molar-refractivity contribution in [2.24, 2.45) is 5.73 Å². The lowest BCUT2D eigenvalue weighted by Gasteiger charge is -2.18. The van der Waals surface area contributed by atoms with E-state index in [9.17, 15) is 0 Å². The smallest absolute Gasteiger partial charge is 0.165 e. The molecule has 3 nitrogen and oxygen atoms in total. The predicted molar refractivity (Wildman–Crippen MR) is 86.1 cm³/mol. The molecule has 112 valence electrons. The molecule has 21 heavy (non-hydrogen) atoms. The molecule has 2 N–H and O–H groups in total. The van der Waals surface area contributed by atoms with Crippen molar-refractivity contribution in [3.63, 3.8) is 0 Å². The van der Waals surface area contributed by atoms with Crippen molar-refractivity contribution in [2.75, 3.05) is 14.2 Å². The van der Waals surface area contributed by atoms with Gasteiger partial charge in [0.25, 0.3) is 0 Å². The first-order valence-electron chi connectivity index (χ1n) is 7.08. The summed E-state index contributed by atoms with van der Waals surface area (Å²) in [6.07, 6.45) is 0.770. The van der Waals surface area contributed by atoms with Gasteiger partial charge in [0, 0.05) is 11.6 Å². The van der Waals surface area contributed by atoms with Gasteiger partial charge in [-0.2, -0.15) is 0 Å². The van der Waals surface area contributed by atoms with Crippen LogP contribution in [0.2, 0.25) is 0 Å². The van der Waals surface area contributed by atoms with Gasteiger partial charge in [0.2, 0.25) is 0 Å². The van der Waals surface area contributed by atoms with Crippen LogP contribution in [0.4, 0.5) is 0 Å². The van der Waals surface area contributed by atoms with E-state index in [2.05, 4.69) is 32.0 Å². The highest BCUT2D eigenvalue weighted by atomic mass is 16.5. The van der Waals surface area contributed by atoms with E-state index in [0.29, 0.717) is 5.75 Å². The Hall–Kier alpha value is -2.00. The molecule has 0 aliphatic rings. The Kier molecular flexibility index (Phi) is 4.86. The summed E-state index contributed by atoms with van der Waals surface area (Å²) in [5, 5.41) is 0. The molecule has 2 aromatic rings. The molecule has 0 radical (unpaired) electrons. The van der Waals surface area contributed by atoms with Crippen molar-refractivity contribution in [1.82, 2.24) is 0 Å². The standard InChI is InChI=1S/C18H23NO2/c1-12-8-13(2)10-14(9-12)11-16(19)15-6-5-7-17(20-3)18(15)21-4/h5-10,16H,11,19H2,1-4H3. The molecule has 0 fully saturated rings. The van der Waals surface area contributed by atoms with E-state index in [1.54, 1.807) is 14.2 Å². The molecular formula is C18H23NO2. The van der Waals surface area contributed by atoms with Gasteiger partial charge in [0.05, 0.1) is 14.2 Å².